The Kier molecular flexibility index (Phi) is 5.46. The number of hydrogen-bond donors (Lipinski definition) is 1. The minimum absolute atomic E-state index is 0.347. The van der Waals surface area contributed by atoms with Crippen molar-refractivity contribution in [2.24, 2.45) is 0 Å². The first-order valence-corrected chi connectivity index (χ1v) is 6.59. The van der Waals surface area contributed by atoms with Crippen LogP contribution in [0.25, 0.3) is 0 Å². The fraction of sp³-hybridized carbons (Fsp3) is 0.385. The molecule has 2 rings (SSSR count). The molecule has 0 amide bonds. The van der Waals surface area contributed by atoms with Crippen LogP contribution in [0.5, 0.6) is 0 Å². The number of ether oxygens (including phenoxy) is 1. The van der Waals surface area contributed by atoms with Crippen LogP contribution < -0.4 is 5.32 Å². The highest BCUT2D eigenvalue weighted by Crippen LogP contribution is 2.18. The van der Waals surface area contributed by atoms with Crippen LogP contribution in [0.4, 0.5) is 4.39 Å². The summed E-state index contributed by atoms with van der Waals surface area (Å²) in [5, 5.41) is 11.6. The second-order valence-corrected chi connectivity index (χ2v) is 4.72. The van der Waals surface area contributed by atoms with E-state index in [0.29, 0.717) is 24.7 Å². The molecule has 0 fully saturated rings. The summed E-state index contributed by atoms with van der Waals surface area (Å²) in [5.74, 6) is -0.347. The van der Waals surface area contributed by atoms with E-state index in [1.165, 1.54) is 12.1 Å². The van der Waals surface area contributed by atoms with Crippen LogP contribution in [0.15, 0.2) is 24.4 Å². The Morgan fingerprint density at radius 3 is 3.05 bits per heavy atom. The van der Waals surface area contributed by atoms with Crippen LogP contribution in [0.2, 0.25) is 5.02 Å². The van der Waals surface area contributed by atoms with E-state index >= 15 is 0 Å². The zero-order chi connectivity index (χ0) is 14.4. The van der Waals surface area contributed by atoms with Crippen molar-refractivity contribution in [3.05, 3.63) is 46.5 Å². The number of rotatable bonds is 7. The molecular weight excluding hydrogens is 283 g/mol. The van der Waals surface area contributed by atoms with Crippen molar-refractivity contribution >= 4 is 11.6 Å². The molecular formula is C13H16ClFN4O. The summed E-state index contributed by atoms with van der Waals surface area (Å²) in [4.78, 5) is 0. The van der Waals surface area contributed by atoms with Gasteiger partial charge in [0.25, 0.3) is 0 Å². The summed E-state index contributed by atoms with van der Waals surface area (Å²) in [7, 11) is 1.66. The first kappa shape index (κ1) is 14.9. The molecule has 5 nitrogen and oxygen atoms in total. The number of halogens is 2. The number of hydrogen-bond acceptors (Lipinski definition) is 4. The third-order valence-electron chi connectivity index (χ3n) is 2.72. The van der Waals surface area contributed by atoms with Gasteiger partial charge in [-0.3, -0.25) is 0 Å². The molecule has 2 aromatic rings. The first-order chi connectivity index (χ1) is 9.69. The van der Waals surface area contributed by atoms with Gasteiger partial charge in [0.1, 0.15) is 5.82 Å². The second kappa shape index (κ2) is 7.33. The summed E-state index contributed by atoms with van der Waals surface area (Å²) < 4.78 is 19.6. The monoisotopic (exact) mass is 298 g/mol. The lowest BCUT2D eigenvalue weighted by molar-refractivity contribution is 0.199. The van der Waals surface area contributed by atoms with E-state index < -0.39 is 0 Å². The maximum absolute atomic E-state index is 13.0. The second-order valence-electron chi connectivity index (χ2n) is 4.31. The normalized spacial score (nSPS) is 10.9. The highest BCUT2D eigenvalue weighted by molar-refractivity contribution is 6.31. The number of aromatic nitrogens is 3. The Labute approximate surface area is 121 Å². The summed E-state index contributed by atoms with van der Waals surface area (Å²) in [5.41, 5.74) is 1.64. The largest absolute Gasteiger partial charge is 0.383 e. The molecule has 0 radical (unpaired) electrons. The van der Waals surface area contributed by atoms with Crippen molar-refractivity contribution in [1.82, 2.24) is 20.3 Å². The van der Waals surface area contributed by atoms with Gasteiger partial charge in [0.05, 0.1) is 25.0 Å². The van der Waals surface area contributed by atoms with Crippen molar-refractivity contribution in [1.29, 1.82) is 0 Å². The number of benzene rings is 1. The Balaban J connectivity index is 1.92. The zero-order valence-corrected chi connectivity index (χ0v) is 11.9. The minimum atomic E-state index is -0.347. The highest BCUT2D eigenvalue weighted by Gasteiger charge is 2.05. The zero-order valence-electron chi connectivity index (χ0n) is 11.1. The third-order valence-corrected chi connectivity index (χ3v) is 3.07. The van der Waals surface area contributed by atoms with Gasteiger partial charge in [-0.15, -0.1) is 5.10 Å². The lowest BCUT2D eigenvalue weighted by Gasteiger charge is -2.03. The molecule has 0 saturated carbocycles. The van der Waals surface area contributed by atoms with Crippen molar-refractivity contribution in [3.8, 4) is 0 Å². The third kappa shape index (κ3) is 4.26. The molecule has 1 aromatic carbocycles. The van der Waals surface area contributed by atoms with Crippen LogP contribution in [0.3, 0.4) is 0 Å². The molecule has 20 heavy (non-hydrogen) atoms. The van der Waals surface area contributed by atoms with Gasteiger partial charge in [-0.1, -0.05) is 22.9 Å². The van der Waals surface area contributed by atoms with E-state index in [1.807, 2.05) is 6.20 Å². The Hall–Kier alpha value is -1.50. The van der Waals surface area contributed by atoms with E-state index in [9.17, 15) is 4.39 Å². The lowest BCUT2D eigenvalue weighted by Crippen LogP contribution is -2.18. The van der Waals surface area contributed by atoms with Crippen LogP contribution in [-0.4, -0.2) is 35.3 Å². The quantitative estimate of drug-likeness (QED) is 0.793. The topological polar surface area (TPSA) is 52.0 Å². The van der Waals surface area contributed by atoms with Gasteiger partial charge in [-0.2, -0.15) is 0 Å². The van der Waals surface area contributed by atoms with E-state index in [4.69, 9.17) is 16.3 Å². The van der Waals surface area contributed by atoms with E-state index in [2.05, 4.69) is 15.6 Å². The summed E-state index contributed by atoms with van der Waals surface area (Å²) in [6.07, 6.45) is 1.83. The van der Waals surface area contributed by atoms with E-state index in [0.717, 1.165) is 17.8 Å². The molecule has 0 aliphatic carbocycles. The average Bonchev–Trinajstić information content (AvgIpc) is 2.86. The van der Waals surface area contributed by atoms with Crippen molar-refractivity contribution in [2.75, 3.05) is 20.3 Å². The fourth-order valence-electron chi connectivity index (χ4n) is 1.71. The minimum Gasteiger partial charge on any atom is -0.383 e. The molecule has 0 spiro atoms. The van der Waals surface area contributed by atoms with Crippen LogP contribution in [0.1, 0.15) is 11.3 Å². The molecule has 0 aliphatic heterocycles. The molecule has 0 saturated heterocycles. The highest BCUT2D eigenvalue weighted by atomic mass is 35.5. The smallest absolute Gasteiger partial charge is 0.124 e. The van der Waals surface area contributed by atoms with E-state index in [-0.39, 0.29) is 5.82 Å². The molecule has 1 heterocycles. The van der Waals surface area contributed by atoms with Gasteiger partial charge in [-0.05, 0) is 17.7 Å². The van der Waals surface area contributed by atoms with E-state index in [1.54, 1.807) is 17.9 Å². The average molecular weight is 299 g/mol. The van der Waals surface area contributed by atoms with Crippen molar-refractivity contribution in [3.63, 3.8) is 0 Å². The fourth-order valence-corrected chi connectivity index (χ4v) is 1.94. The maximum atomic E-state index is 13.0. The Morgan fingerprint density at radius 2 is 2.30 bits per heavy atom. The predicted molar refractivity (Wildman–Crippen MR) is 74.1 cm³/mol. The lowest BCUT2D eigenvalue weighted by atomic mass is 10.2. The Bertz CT molecular complexity index is 561. The standard InChI is InChI=1S/C13H16ClFN4O/c1-20-5-4-16-7-12-9-19(18-17-12)8-10-2-3-11(15)6-13(10)14/h2-3,6,9,16H,4-5,7-8H2,1H3. The van der Waals surface area contributed by atoms with Gasteiger partial charge in [-0.25, -0.2) is 9.07 Å². The maximum Gasteiger partial charge on any atom is 0.124 e. The van der Waals surface area contributed by atoms with Gasteiger partial charge < -0.3 is 10.1 Å². The molecule has 0 atom stereocenters. The molecule has 1 aromatic heterocycles. The summed E-state index contributed by atoms with van der Waals surface area (Å²) >= 11 is 5.98. The van der Waals surface area contributed by atoms with Crippen LogP contribution in [-0.2, 0) is 17.8 Å². The van der Waals surface area contributed by atoms with Gasteiger partial charge in [0, 0.05) is 25.2 Å². The number of methoxy groups -OCH3 is 1. The van der Waals surface area contributed by atoms with Crippen LogP contribution >= 0.6 is 11.6 Å². The van der Waals surface area contributed by atoms with Crippen LogP contribution in [0, 0.1) is 5.82 Å². The van der Waals surface area contributed by atoms with Crippen molar-refractivity contribution < 1.29 is 9.13 Å². The first-order valence-electron chi connectivity index (χ1n) is 6.21. The molecule has 0 unspecified atom stereocenters. The molecule has 108 valence electrons. The summed E-state index contributed by atoms with van der Waals surface area (Å²) in [6, 6.07) is 4.32. The number of nitrogens with one attached hydrogen (secondary N) is 1. The van der Waals surface area contributed by atoms with Gasteiger partial charge >= 0.3 is 0 Å². The Morgan fingerprint density at radius 1 is 1.45 bits per heavy atom. The SMILES string of the molecule is COCCNCc1cn(Cc2ccc(F)cc2Cl)nn1. The van der Waals surface area contributed by atoms with Crippen molar-refractivity contribution in [2.45, 2.75) is 13.1 Å². The summed E-state index contributed by atoms with van der Waals surface area (Å²) in [6.45, 7) is 2.50. The molecule has 0 bridgehead atoms. The molecule has 1 N–H and O–H groups in total. The van der Waals surface area contributed by atoms with Gasteiger partial charge in [0.2, 0.25) is 0 Å². The predicted octanol–water partition coefficient (Wildman–Crippen LogP) is 1.85. The van der Waals surface area contributed by atoms with Gasteiger partial charge in [0.15, 0.2) is 0 Å². The number of nitrogens with zero attached hydrogens (tertiary/aromatic N) is 3. The molecule has 0 aliphatic rings. The molecule has 7 heteroatoms.